The molecule has 22 heavy (non-hydrogen) atoms. The molecule has 0 bridgehead atoms. The third kappa shape index (κ3) is 3.20. The van der Waals surface area contributed by atoms with Crippen LogP contribution in [-0.4, -0.2) is 11.4 Å². The van der Waals surface area contributed by atoms with E-state index in [4.69, 9.17) is 0 Å². The molecule has 0 aromatic heterocycles. The van der Waals surface area contributed by atoms with Crippen molar-refractivity contribution in [2.75, 3.05) is 0 Å². The van der Waals surface area contributed by atoms with Gasteiger partial charge in [0.05, 0.1) is 0 Å². The van der Waals surface area contributed by atoms with Crippen LogP contribution in [0.25, 0.3) is 0 Å². The van der Waals surface area contributed by atoms with Crippen LogP contribution in [0, 0.1) is 5.82 Å². The second-order valence-electron chi connectivity index (χ2n) is 5.28. The molecule has 1 unspecified atom stereocenters. The summed E-state index contributed by atoms with van der Waals surface area (Å²) in [5.41, 5.74) is 1.28. The number of phenolic OH excluding ortho intramolecular Hbond substituents is 1. The number of benzene rings is 2. The number of aromatic hydroxyl groups is 1. The Hall–Kier alpha value is -1.73. The van der Waals surface area contributed by atoms with Crippen LogP contribution in [0.1, 0.15) is 42.6 Å². The van der Waals surface area contributed by atoms with Gasteiger partial charge in [-0.05, 0) is 36.3 Å². The second-order valence-corrected chi connectivity index (χ2v) is 7.03. The summed E-state index contributed by atoms with van der Waals surface area (Å²) >= 11 is 0. The van der Waals surface area contributed by atoms with Crippen molar-refractivity contribution in [3.8, 4) is 5.75 Å². The van der Waals surface area contributed by atoms with Gasteiger partial charge in [0.1, 0.15) is 11.6 Å². The molecule has 4 heteroatoms. The standard InChI is InChI=1S/C18H20FO2P/c1-3-18(4-2,15-7-5-6-8-16(15)21)22-17-10-9-14(19)11-13(17)12-20/h5-12,21-22H,3-4H2,1-2H3. The average molecular weight is 318 g/mol. The number of phenols is 1. The molecule has 0 fully saturated rings. The number of carbonyl (C=O) groups excluding carboxylic acids is 1. The molecule has 0 aliphatic heterocycles. The van der Waals surface area contributed by atoms with Crippen molar-refractivity contribution in [2.45, 2.75) is 31.8 Å². The van der Waals surface area contributed by atoms with Crippen LogP contribution < -0.4 is 5.30 Å². The fourth-order valence-corrected chi connectivity index (χ4v) is 4.41. The molecule has 2 aromatic rings. The molecule has 0 radical (unpaired) electrons. The highest BCUT2D eigenvalue weighted by Crippen LogP contribution is 2.49. The van der Waals surface area contributed by atoms with E-state index in [2.05, 4.69) is 13.8 Å². The van der Waals surface area contributed by atoms with E-state index in [1.165, 1.54) is 12.1 Å². The zero-order chi connectivity index (χ0) is 16.2. The molecular weight excluding hydrogens is 298 g/mol. The Labute approximate surface area is 132 Å². The Kier molecular flexibility index (Phi) is 5.31. The monoisotopic (exact) mass is 318 g/mol. The molecule has 2 aromatic carbocycles. The number of aldehydes is 1. The molecule has 1 atom stereocenters. The van der Waals surface area contributed by atoms with Gasteiger partial charge in [-0.25, -0.2) is 4.39 Å². The van der Waals surface area contributed by atoms with Crippen LogP contribution in [0.3, 0.4) is 0 Å². The van der Waals surface area contributed by atoms with E-state index in [9.17, 15) is 14.3 Å². The highest BCUT2D eigenvalue weighted by atomic mass is 31.1. The molecule has 0 saturated carbocycles. The Morgan fingerprint density at radius 2 is 1.86 bits per heavy atom. The first-order chi connectivity index (χ1) is 10.6. The Balaban J connectivity index is 2.50. The van der Waals surface area contributed by atoms with E-state index in [1.54, 1.807) is 18.2 Å². The quantitative estimate of drug-likeness (QED) is 0.634. The maximum Gasteiger partial charge on any atom is 0.150 e. The second kappa shape index (κ2) is 7.02. The van der Waals surface area contributed by atoms with Crippen molar-refractivity contribution in [3.05, 3.63) is 59.4 Å². The highest BCUT2D eigenvalue weighted by Gasteiger charge is 2.32. The normalized spacial score (nSPS) is 12.0. The van der Waals surface area contributed by atoms with Crippen LogP contribution in [0.15, 0.2) is 42.5 Å². The van der Waals surface area contributed by atoms with E-state index in [1.807, 2.05) is 12.1 Å². The number of carbonyl (C=O) groups is 1. The van der Waals surface area contributed by atoms with Crippen LogP contribution in [0.4, 0.5) is 4.39 Å². The van der Waals surface area contributed by atoms with Crippen molar-refractivity contribution in [3.63, 3.8) is 0 Å². The minimum atomic E-state index is -0.406. The van der Waals surface area contributed by atoms with Gasteiger partial charge in [-0.15, -0.1) is 0 Å². The lowest BCUT2D eigenvalue weighted by atomic mass is 9.92. The highest BCUT2D eigenvalue weighted by molar-refractivity contribution is 7.48. The number of hydrogen-bond donors (Lipinski definition) is 1. The number of halogens is 1. The van der Waals surface area contributed by atoms with Crippen LogP contribution in [0.2, 0.25) is 0 Å². The third-order valence-electron chi connectivity index (χ3n) is 4.14. The van der Waals surface area contributed by atoms with Crippen LogP contribution in [-0.2, 0) is 5.16 Å². The van der Waals surface area contributed by atoms with Gasteiger partial charge < -0.3 is 5.11 Å². The summed E-state index contributed by atoms with van der Waals surface area (Å²) < 4.78 is 13.3. The fraction of sp³-hybridized carbons (Fsp3) is 0.278. The Morgan fingerprint density at radius 3 is 2.45 bits per heavy atom. The zero-order valence-corrected chi connectivity index (χ0v) is 13.8. The first kappa shape index (κ1) is 16.6. The number of hydrogen-bond acceptors (Lipinski definition) is 2. The summed E-state index contributed by atoms with van der Waals surface area (Å²) in [4.78, 5) is 11.2. The van der Waals surface area contributed by atoms with Gasteiger partial charge in [-0.1, -0.05) is 46.7 Å². The molecule has 0 aliphatic carbocycles. The molecule has 116 valence electrons. The van der Waals surface area contributed by atoms with Gasteiger partial charge in [-0.3, -0.25) is 4.79 Å². The zero-order valence-electron chi connectivity index (χ0n) is 12.8. The number of rotatable bonds is 6. The minimum absolute atomic E-state index is 0.249. The van der Waals surface area contributed by atoms with Gasteiger partial charge in [-0.2, -0.15) is 0 Å². The maximum atomic E-state index is 13.3. The topological polar surface area (TPSA) is 37.3 Å². The molecule has 1 N–H and O–H groups in total. The lowest BCUT2D eigenvalue weighted by Crippen LogP contribution is -2.23. The molecule has 0 amide bonds. The van der Waals surface area contributed by atoms with Crippen molar-refractivity contribution in [1.29, 1.82) is 0 Å². The first-order valence-electron chi connectivity index (χ1n) is 7.37. The minimum Gasteiger partial charge on any atom is -0.508 e. The smallest absolute Gasteiger partial charge is 0.150 e. The van der Waals surface area contributed by atoms with E-state index in [-0.39, 0.29) is 19.5 Å². The summed E-state index contributed by atoms with van der Waals surface area (Å²) in [7, 11) is 0.284. The third-order valence-corrected chi connectivity index (χ3v) is 6.32. The van der Waals surface area contributed by atoms with E-state index < -0.39 is 5.82 Å². The fourth-order valence-electron chi connectivity index (χ4n) is 2.76. The van der Waals surface area contributed by atoms with Gasteiger partial charge in [0, 0.05) is 16.3 Å². The van der Waals surface area contributed by atoms with Gasteiger partial charge in [0.25, 0.3) is 0 Å². The number of para-hydroxylation sites is 1. The molecular formula is C18H20FO2P. The SMILES string of the molecule is CCC(CC)(Pc1ccc(F)cc1C=O)c1ccccc1O. The Morgan fingerprint density at radius 1 is 1.18 bits per heavy atom. The average Bonchev–Trinajstić information content (AvgIpc) is 2.54. The van der Waals surface area contributed by atoms with Crippen molar-refractivity contribution in [1.82, 2.24) is 0 Å². The summed E-state index contributed by atoms with van der Waals surface area (Å²) in [6, 6.07) is 11.7. The molecule has 0 saturated heterocycles. The summed E-state index contributed by atoms with van der Waals surface area (Å²) in [5.74, 6) is -0.134. The predicted octanol–water partition coefficient (Wildman–Crippen LogP) is 4.36. The predicted molar refractivity (Wildman–Crippen MR) is 90.1 cm³/mol. The van der Waals surface area contributed by atoms with Crippen molar-refractivity contribution < 1.29 is 14.3 Å². The van der Waals surface area contributed by atoms with Crippen LogP contribution >= 0.6 is 8.58 Å². The molecule has 0 spiro atoms. The van der Waals surface area contributed by atoms with E-state index in [0.29, 0.717) is 11.8 Å². The van der Waals surface area contributed by atoms with Crippen molar-refractivity contribution in [2.24, 2.45) is 0 Å². The van der Waals surface area contributed by atoms with Gasteiger partial charge >= 0.3 is 0 Å². The lowest BCUT2D eigenvalue weighted by molar-refractivity contribution is 0.112. The molecule has 0 aliphatic rings. The maximum absolute atomic E-state index is 13.3. The summed E-state index contributed by atoms with van der Waals surface area (Å²) in [6.07, 6.45) is 2.36. The summed E-state index contributed by atoms with van der Waals surface area (Å²) in [5, 5.41) is 10.8. The summed E-state index contributed by atoms with van der Waals surface area (Å²) in [6.45, 7) is 4.15. The Bertz CT molecular complexity index is 666. The van der Waals surface area contributed by atoms with Gasteiger partial charge in [0.15, 0.2) is 6.29 Å². The first-order valence-corrected chi connectivity index (χ1v) is 8.37. The lowest BCUT2D eigenvalue weighted by Gasteiger charge is -2.33. The van der Waals surface area contributed by atoms with E-state index >= 15 is 0 Å². The van der Waals surface area contributed by atoms with Gasteiger partial charge in [0.2, 0.25) is 0 Å². The van der Waals surface area contributed by atoms with Crippen LogP contribution in [0.5, 0.6) is 5.75 Å². The molecule has 0 heterocycles. The molecule has 2 nitrogen and oxygen atoms in total. The largest absolute Gasteiger partial charge is 0.508 e. The molecule has 2 rings (SSSR count). The van der Waals surface area contributed by atoms with E-state index in [0.717, 1.165) is 23.7 Å². The van der Waals surface area contributed by atoms with Crippen molar-refractivity contribution >= 4 is 20.2 Å².